The molecule has 0 saturated carbocycles. The first-order valence-electron chi connectivity index (χ1n) is 6.96. The average Bonchev–Trinajstić information content (AvgIpc) is 2.63. The van der Waals surface area contributed by atoms with Gasteiger partial charge >= 0.3 is 0 Å². The van der Waals surface area contributed by atoms with Gasteiger partial charge in [0.25, 0.3) is 5.95 Å². The third-order valence-electron chi connectivity index (χ3n) is 3.03. The predicted octanol–water partition coefficient (Wildman–Crippen LogP) is 2.82. The van der Waals surface area contributed by atoms with Crippen LogP contribution in [-0.2, 0) is 0 Å². The second kappa shape index (κ2) is 7.04. The quantitative estimate of drug-likeness (QED) is 0.445. The summed E-state index contributed by atoms with van der Waals surface area (Å²) in [5.41, 5.74) is 4.78. The van der Waals surface area contributed by atoms with Crippen molar-refractivity contribution in [2.45, 2.75) is 0 Å². The van der Waals surface area contributed by atoms with Gasteiger partial charge in [0.05, 0.1) is 18.1 Å². The molecule has 3 rings (SSSR count). The minimum absolute atomic E-state index is 0.203. The van der Waals surface area contributed by atoms with Gasteiger partial charge in [0, 0.05) is 11.1 Å². The van der Waals surface area contributed by atoms with E-state index in [4.69, 9.17) is 0 Å². The van der Waals surface area contributed by atoms with Gasteiger partial charge in [-0.1, -0.05) is 60.7 Å². The molecule has 0 amide bonds. The molecule has 1 N–H and O–H groups in total. The van der Waals surface area contributed by atoms with E-state index in [0.717, 1.165) is 5.56 Å². The molecule has 0 atom stereocenters. The SMILES string of the molecule is O=C(/C=N/Nc1nncc(-c2ccccc2)n1)c1ccccc1. The summed E-state index contributed by atoms with van der Waals surface area (Å²) in [7, 11) is 0. The number of rotatable bonds is 5. The van der Waals surface area contributed by atoms with E-state index in [1.807, 2.05) is 36.4 Å². The Morgan fingerprint density at radius 2 is 1.70 bits per heavy atom. The Hall–Kier alpha value is -3.41. The third kappa shape index (κ3) is 3.82. The van der Waals surface area contributed by atoms with Crippen molar-refractivity contribution in [3.05, 3.63) is 72.4 Å². The lowest BCUT2D eigenvalue weighted by atomic mass is 10.1. The maximum absolute atomic E-state index is 11.9. The van der Waals surface area contributed by atoms with Crippen molar-refractivity contribution in [1.29, 1.82) is 0 Å². The van der Waals surface area contributed by atoms with Crippen molar-refractivity contribution in [2.24, 2.45) is 5.10 Å². The van der Waals surface area contributed by atoms with Gasteiger partial charge in [0.2, 0.25) is 5.78 Å². The highest BCUT2D eigenvalue weighted by molar-refractivity contribution is 6.35. The largest absolute Gasteiger partial charge is 0.287 e. The highest BCUT2D eigenvalue weighted by atomic mass is 16.1. The Balaban J connectivity index is 1.69. The Kier molecular flexibility index (Phi) is 4.44. The first-order chi connectivity index (χ1) is 11.3. The molecule has 0 aliphatic heterocycles. The van der Waals surface area contributed by atoms with Crippen LogP contribution >= 0.6 is 0 Å². The fourth-order valence-electron chi connectivity index (χ4n) is 1.92. The molecule has 3 aromatic rings. The molecule has 0 spiro atoms. The summed E-state index contributed by atoms with van der Waals surface area (Å²) >= 11 is 0. The molecule has 23 heavy (non-hydrogen) atoms. The van der Waals surface area contributed by atoms with Gasteiger partial charge in [0.1, 0.15) is 0 Å². The zero-order valence-corrected chi connectivity index (χ0v) is 12.1. The predicted molar refractivity (Wildman–Crippen MR) is 88.2 cm³/mol. The number of ketones is 1. The summed E-state index contributed by atoms with van der Waals surface area (Å²) < 4.78 is 0. The van der Waals surface area contributed by atoms with E-state index in [1.165, 1.54) is 6.21 Å². The van der Waals surface area contributed by atoms with E-state index in [-0.39, 0.29) is 11.7 Å². The second-order valence-electron chi connectivity index (χ2n) is 4.63. The number of benzene rings is 2. The van der Waals surface area contributed by atoms with Gasteiger partial charge in [-0.25, -0.2) is 10.4 Å². The van der Waals surface area contributed by atoms with E-state index in [1.54, 1.807) is 30.5 Å². The smallest absolute Gasteiger partial charge is 0.263 e. The number of hydrazone groups is 1. The number of anilines is 1. The zero-order valence-electron chi connectivity index (χ0n) is 12.1. The van der Waals surface area contributed by atoms with Gasteiger partial charge in [0.15, 0.2) is 0 Å². The van der Waals surface area contributed by atoms with Gasteiger partial charge in [-0.2, -0.15) is 10.2 Å². The summed E-state index contributed by atoms with van der Waals surface area (Å²) in [4.78, 5) is 16.2. The molecule has 0 unspecified atom stereocenters. The number of aromatic nitrogens is 3. The van der Waals surface area contributed by atoms with Crippen LogP contribution in [0.2, 0.25) is 0 Å². The molecular weight excluding hydrogens is 290 g/mol. The minimum Gasteiger partial charge on any atom is -0.287 e. The number of Topliss-reactive ketones (excluding diaryl/α,β-unsaturated/α-hetero) is 1. The highest BCUT2D eigenvalue weighted by Gasteiger charge is 2.03. The Morgan fingerprint density at radius 3 is 2.43 bits per heavy atom. The fourth-order valence-corrected chi connectivity index (χ4v) is 1.92. The summed E-state index contributed by atoms with van der Waals surface area (Å²) in [6, 6.07) is 18.5. The summed E-state index contributed by atoms with van der Waals surface area (Å²) in [5.74, 6) is 0.0220. The standard InChI is InChI=1S/C17H13N5O/c23-16(14-9-5-2-6-10-14)12-19-22-17-20-15(11-18-21-17)13-7-3-1-4-8-13/h1-12H,(H,20,21,22)/b19-12+. The molecule has 0 bridgehead atoms. The topological polar surface area (TPSA) is 80.1 Å². The molecular formula is C17H13N5O. The minimum atomic E-state index is -0.203. The van der Waals surface area contributed by atoms with E-state index < -0.39 is 0 Å². The maximum atomic E-state index is 11.9. The molecule has 0 saturated heterocycles. The van der Waals surface area contributed by atoms with Crippen LogP contribution in [0.3, 0.4) is 0 Å². The van der Waals surface area contributed by atoms with Gasteiger partial charge in [-0.05, 0) is 0 Å². The Morgan fingerprint density at radius 1 is 1.00 bits per heavy atom. The lowest BCUT2D eigenvalue weighted by Crippen LogP contribution is -2.04. The molecule has 0 aliphatic rings. The number of hydrogen-bond donors (Lipinski definition) is 1. The van der Waals surface area contributed by atoms with Crippen molar-refractivity contribution >= 4 is 17.9 Å². The summed E-state index contributed by atoms with van der Waals surface area (Å²) in [5, 5.41) is 11.6. The molecule has 2 aromatic carbocycles. The zero-order chi connectivity index (χ0) is 15.9. The van der Waals surface area contributed by atoms with Crippen molar-refractivity contribution < 1.29 is 4.79 Å². The molecule has 6 heteroatoms. The van der Waals surface area contributed by atoms with E-state index in [0.29, 0.717) is 11.3 Å². The normalized spacial score (nSPS) is 10.6. The van der Waals surface area contributed by atoms with Gasteiger partial charge in [-0.3, -0.25) is 4.79 Å². The van der Waals surface area contributed by atoms with Crippen LogP contribution in [0, 0.1) is 0 Å². The average molecular weight is 303 g/mol. The Bertz CT molecular complexity index is 819. The van der Waals surface area contributed by atoms with Crippen molar-refractivity contribution in [2.75, 3.05) is 5.43 Å². The first kappa shape index (κ1) is 14.5. The third-order valence-corrected chi connectivity index (χ3v) is 3.03. The van der Waals surface area contributed by atoms with E-state index in [2.05, 4.69) is 25.7 Å². The number of nitrogens with zero attached hydrogens (tertiary/aromatic N) is 4. The number of carbonyl (C=O) groups is 1. The van der Waals surface area contributed by atoms with Gasteiger partial charge in [-0.15, -0.1) is 5.10 Å². The van der Waals surface area contributed by atoms with E-state index in [9.17, 15) is 4.79 Å². The van der Waals surface area contributed by atoms with E-state index >= 15 is 0 Å². The monoisotopic (exact) mass is 303 g/mol. The lowest BCUT2D eigenvalue weighted by Gasteiger charge is -2.01. The lowest BCUT2D eigenvalue weighted by molar-refractivity contribution is 0.107. The molecule has 0 radical (unpaired) electrons. The van der Waals surface area contributed by atoms with Crippen LogP contribution in [0.25, 0.3) is 11.3 Å². The number of nitrogens with one attached hydrogen (secondary N) is 1. The van der Waals surface area contributed by atoms with Crippen molar-refractivity contribution in [1.82, 2.24) is 15.2 Å². The molecule has 0 aliphatic carbocycles. The van der Waals surface area contributed by atoms with Crippen LogP contribution in [0.1, 0.15) is 10.4 Å². The van der Waals surface area contributed by atoms with Crippen LogP contribution in [0.15, 0.2) is 72.0 Å². The number of carbonyl (C=O) groups excluding carboxylic acids is 1. The van der Waals surface area contributed by atoms with Gasteiger partial charge < -0.3 is 0 Å². The molecule has 112 valence electrons. The highest BCUT2D eigenvalue weighted by Crippen LogP contribution is 2.15. The summed E-state index contributed by atoms with van der Waals surface area (Å²) in [6.07, 6.45) is 2.76. The van der Waals surface area contributed by atoms with Crippen molar-refractivity contribution in [3.63, 3.8) is 0 Å². The van der Waals surface area contributed by atoms with Crippen LogP contribution in [0.4, 0.5) is 5.95 Å². The summed E-state index contributed by atoms with van der Waals surface area (Å²) in [6.45, 7) is 0. The Labute approximate surface area is 132 Å². The van der Waals surface area contributed by atoms with Crippen molar-refractivity contribution in [3.8, 4) is 11.3 Å². The number of hydrogen-bond acceptors (Lipinski definition) is 6. The first-order valence-corrected chi connectivity index (χ1v) is 6.96. The fraction of sp³-hybridized carbons (Fsp3) is 0. The maximum Gasteiger partial charge on any atom is 0.263 e. The molecule has 6 nitrogen and oxygen atoms in total. The molecule has 1 aromatic heterocycles. The van der Waals surface area contributed by atoms with Crippen LogP contribution in [0.5, 0.6) is 0 Å². The second-order valence-corrected chi connectivity index (χ2v) is 4.63. The molecule has 1 heterocycles. The van der Waals surface area contributed by atoms with Crippen LogP contribution in [-0.4, -0.2) is 27.2 Å². The molecule has 0 fully saturated rings. The van der Waals surface area contributed by atoms with Crippen LogP contribution < -0.4 is 5.43 Å².